The molecule has 31 heavy (non-hydrogen) atoms. The van der Waals surface area contributed by atoms with Gasteiger partial charge in [0.2, 0.25) is 6.29 Å². The fourth-order valence-electron chi connectivity index (χ4n) is 4.44. The molecular weight excluding hydrogens is 410 g/mol. The van der Waals surface area contributed by atoms with Crippen molar-refractivity contribution in [2.45, 2.75) is 86.5 Å². The van der Waals surface area contributed by atoms with E-state index in [2.05, 4.69) is 5.32 Å². The third kappa shape index (κ3) is 5.20. The summed E-state index contributed by atoms with van der Waals surface area (Å²) in [6.07, 6.45) is -3.56. The number of likely N-dealkylation sites (N-methyl/N-ethyl adjacent to an activating group) is 1. The van der Waals surface area contributed by atoms with Gasteiger partial charge in [-0.15, -0.1) is 0 Å². The van der Waals surface area contributed by atoms with E-state index >= 15 is 0 Å². The zero-order valence-corrected chi connectivity index (χ0v) is 18.0. The van der Waals surface area contributed by atoms with Crippen molar-refractivity contribution >= 4 is 0 Å². The van der Waals surface area contributed by atoms with Gasteiger partial charge in [-0.25, -0.2) is 0 Å². The highest BCUT2D eigenvalue weighted by Gasteiger charge is 2.50. The van der Waals surface area contributed by atoms with E-state index in [1.165, 1.54) is 0 Å². The number of hydrogen-bond donors (Lipinski definition) is 8. The van der Waals surface area contributed by atoms with Gasteiger partial charge >= 0.3 is 0 Å². The van der Waals surface area contributed by atoms with Crippen LogP contribution >= 0.6 is 0 Å². The van der Waals surface area contributed by atoms with Crippen LogP contribution in [0.25, 0.3) is 0 Å². The number of ether oxygens (including phenoxy) is 4. The fraction of sp³-hybridized carbons (Fsp3) is 0.895. The van der Waals surface area contributed by atoms with E-state index < -0.39 is 66.8 Å². The highest BCUT2D eigenvalue weighted by atomic mass is 16.7. The normalized spacial score (nSPS) is 48.7. The smallest absolute Gasteiger partial charge is 0.215 e. The summed E-state index contributed by atoms with van der Waals surface area (Å²) < 4.78 is 23.1. The van der Waals surface area contributed by atoms with Crippen molar-refractivity contribution in [3.8, 4) is 0 Å². The molecule has 1 aliphatic carbocycles. The first kappa shape index (κ1) is 24.7. The number of aliphatic hydroxyl groups excluding tert-OH is 2. The SMILES string of the molecule is CN[C@H]1[C@@H](O)[C@@H](O[C@H]2[C@@H](O)[C@@H](O[C@H]3OC(CN)=CC[C@H]3N)[C@@H](N)C[C@H]2N)OC[C@@]1(C)O. The standard InChI is InChI=1S/C19H37N5O7/c1-19(27)7-28-18(13(26)16(19)24-2)31-15-11(23)5-10(22)14(12(15)25)30-17-9(21)4-3-8(6-20)29-17/h3,9-18,24-27H,4-7,20-23H2,1-2H3/t9-,10+,11-,12+,13-,14+,15-,16+,17-,18-,19-/m1/s1. The molecule has 0 aromatic heterocycles. The number of nitrogens with one attached hydrogen (secondary N) is 1. The first-order chi connectivity index (χ1) is 14.6. The van der Waals surface area contributed by atoms with Crippen molar-refractivity contribution < 1.29 is 34.3 Å². The summed E-state index contributed by atoms with van der Waals surface area (Å²) in [4.78, 5) is 0. The van der Waals surface area contributed by atoms with E-state index in [-0.39, 0.29) is 13.2 Å². The van der Waals surface area contributed by atoms with Crippen LogP contribution in [0.2, 0.25) is 0 Å². The molecule has 3 rings (SSSR count). The second-order valence-corrected chi connectivity index (χ2v) is 8.81. The van der Waals surface area contributed by atoms with E-state index in [9.17, 15) is 15.3 Å². The Kier molecular flexibility index (Phi) is 7.92. The molecular formula is C19H37N5O7. The molecule has 0 amide bonds. The number of nitrogens with two attached hydrogens (primary N) is 4. The molecule has 1 saturated carbocycles. The average molecular weight is 448 g/mol. The van der Waals surface area contributed by atoms with E-state index in [4.69, 9.17) is 41.9 Å². The van der Waals surface area contributed by atoms with Gasteiger partial charge in [-0.05, 0) is 32.9 Å². The van der Waals surface area contributed by atoms with Gasteiger partial charge in [-0.3, -0.25) is 0 Å². The van der Waals surface area contributed by atoms with Gasteiger partial charge in [-0.2, -0.15) is 0 Å². The monoisotopic (exact) mass is 447 g/mol. The van der Waals surface area contributed by atoms with Crippen LogP contribution in [0.4, 0.5) is 0 Å². The Morgan fingerprint density at radius 3 is 2.29 bits per heavy atom. The molecule has 0 bridgehead atoms. The Morgan fingerprint density at radius 2 is 1.71 bits per heavy atom. The van der Waals surface area contributed by atoms with Crippen LogP contribution in [-0.2, 0) is 18.9 Å². The van der Waals surface area contributed by atoms with Gasteiger partial charge in [-0.1, -0.05) is 0 Å². The van der Waals surface area contributed by atoms with Gasteiger partial charge in [0.05, 0.1) is 25.2 Å². The Labute approximate surface area is 181 Å². The van der Waals surface area contributed by atoms with Crippen LogP contribution < -0.4 is 28.3 Å². The zero-order chi connectivity index (χ0) is 22.9. The number of rotatable bonds is 6. The van der Waals surface area contributed by atoms with Crippen LogP contribution in [0.1, 0.15) is 19.8 Å². The average Bonchev–Trinajstić information content (AvgIpc) is 2.71. The van der Waals surface area contributed by atoms with Crippen LogP contribution in [0.5, 0.6) is 0 Å². The summed E-state index contributed by atoms with van der Waals surface area (Å²) in [7, 11) is 1.62. The maximum absolute atomic E-state index is 11.0. The van der Waals surface area contributed by atoms with Crippen LogP contribution in [0.3, 0.4) is 0 Å². The van der Waals surface area contributed by atoms with Gasteiger partial charge in [0.1, 0.15) is 35.8 Å². The summed E-state index contributed by atoms with van der Waals surface area (Å²) in [5.74, 6) is 0.555. The molecule has 0 aromatic rings. The third-order valence-electron chi connectivity index (χ3n) is 6.22. The summed E-state index contributed by atoms with van der Waals surface area (Å²) in [5, 5.41) is 34.9. The molecule has 0 unspecified atom stereocenters. The molecule has 3 aliphatic rings. The topological polar surface area (TPSA) is 214 Å². The fourth-order valence-corrected chi connectivity index (χ4v) is 4.44. The quantitative estimate of drug-likeness (QED) is 0.196. The first-order valence-corrected chi connectivity index (χ1v) is 10.6. The van der Waals surface area contributed by atoms with Crippen molar-refractivity contribution in [3.05, 3.63) is 11.8 Å². The molecule has 2 fully saturated rings. The van der Waals surface area contributed by atoms with Gasteiger partial charge in [0.15, 0.2) is 6.29 Å². The molecule has 12 N–H and O–H groups in total. The molecule has 0 spiro atoms. The van der Waals surface area contributed by atoms with Crippen LogP contribution in [0.15, 0.2) is 11.8 Å². The number of aliphatic hydroxyl groups is 3. The van der Waals surface area contributed by atoms with Crippen molar-refractivity contribution in [2.24, 2.45) is 22.9 Å². The van der Waals surface area contributed by atoms with Crippen molar-refractivity contribution in [1.82, 2.24) is 5.32 Å². The van der Waals surface area contributed by atoms with Crippen LogP contribution in [0, 0.1) is 0 Å². The molecule has 180 valence electrons. The first-order valence-electron chi connectivity index (χ1n) is 10.6. The van der Waals surface area contributed by atoms with Crippen molar-refractivity contribution in [1.29, 1.82) is 0 Å². The number of hydrogen-bond acceptors (Lipinski definition) is 12. The lowest BCUT2D eigenvalue weighted by atomic mass is 9.84. The van der Waals surface area contributed by atoms with Gasteiger partial charge in [0, 0.05) is 12.1 Å². The summed E-state index contributed by atoms with van der Waals surface area (Å²) >= 11 is 0. The Morgan fingerprint density at radius 1 is 1.10 bits per heavy atom. The van der Waals surface area contributed by atoms with Gasteiger partial charge < -0.3 is 62.5 Å². The Balaban J connectivity index is 1.69. The second kappa shape index (κ2) is 9.93. The highest BCUT2D eigenvalue weighted by Crippen LogP contribution is 2.31. The molecule has 11 atom stereocenters. The minimum Gasteiger partial charge on any atom is -0.467 e. The zero-order valence-electron chi connectivity index (χ0n) is 18.0. The van der Waals surface area contributed by atoms with E-state index in [1.54, 1.807) is 20.0 Å². The minimum atomic E-state index is -1.29. The molecule has 0 aromatic carbocycles. The Hall–Kier alpha value is -0.900. The summed E-state index contributed by atoms with van der Waals surface area (Å²) in [6, 6.07) is -2.37. The maximum Gasteiger partial charge on any atom is 0.215 e. The lowest BCUT2D eigenvalue weighted by Gasteiger charge is -2.48. The Bertz CT molecular complexity index is 639. The van der Waals surface area contributed by atoms with E-state index in [0.29, 0.717) is 18.6 Å². The summed E-state index contributed by atoms with van der Waals surface area (Å²) in [5.41, 5.74) is 22.9. The maximum atomic E-state index is 11.0. The van der Waals surface area contributed by atoms with Crippen LogP contribution in [-0.4, -0.2) is 102 Å². The molecule has 2 heterocycles. The third-order valence-corrected chi connectivity index (χ3v) is 6.22. The second-order valence-electron chi connectivity index (χ2n) is 8.81. The molecule has 0 radical (unpaired) electrons. The van der Waals surface area contributed by atoms with Crippen molar-refractivity contribution in [3.63, 3.8) is 0 Å². The predicted octanol–water partition coefficient (Wildman–Crippen LogP) is -3.85. The highest BCUT2D eigenvalue weighted by molar-refractivity contribution is 5.04. The molecule has 1 saturated heterocycles. The molecule has 12 heteroatoms. The van der Waals surface area contributed by atoms with Crippen molar-refractivity contribution in [2.75, 3.05) is 20.2 Å². The lowest BCUT2D eigenvalue weighted by molar-refractivity contribution is -0.303. The lowest BCUT2D eigenvalue weighted by Crippen LogP contribution is -2.68. The predicted molar refractivity (Wildman–Crippen MR) is 110 cm³/mol. The van der Waals surface area contributed by atoms with Gasteiger partial charge in [0.25, 0.3) is 0 Å². The van der Waals surface area contributed by atoms with E-state index in [1.807, 2.05) is 0 Å². The van der Waals surface area contributed by atoms with E-state index in [0.717, 1.165) is 0 Å². The molecule has 2 aliphatic heterocycles. The largest absolute Gasteiger partial charge is 0.467 e. The minimum absolute atomic E-state index is 0.0727. The summed E-state index contributed by atoms with van der Waals surface area (Å²) in [6.45, 7) is 1.68. The molecule has 12 nitrogen and oxygen atoms in total.